The van der Waals surface area contributed by atoms with E-state index in [-0.39, 0.29) is 5.41 Å². The van der Waals surface area contributed by atoms with Gasteiger partial charge in [0.05, 0.1) is 6.54 Å². The number of nitrogens with two attached hydrogens (primary N) is 1. The van der Waals surface area contributed by atoms with Gasteiger partial charge in [-0.25, -0.2) is 0 Å². The van der Waals surface area contributed by atoms with Crippen LogP contribution in [0.1, 0.15) is 43.4 Å². The maximum Gasteiger partial charge on any atom is 0.146 e. The molecule has 0 bridgehead atoms. The summed E-state index contributed by atoms with van der Waals surface area (Å²) >= 11 is 0. The van der Waals surface area contributed by atoms with Crippen molar-refractivity contribution < 1.29 is 9.15 Å². The third kappa shape index (κ3) is 3.42. The molecule has 0 radical (unpaired) electrons. The molecule has 20 heavy (non-hydrogen) atoms. The molecule has 1 aromatic heterocycles. The smallest absolute Gasteiger partial charge is 0.146 e. The Morgan fingerprint density at radius 2 is 1.95 bits per heavy atom. The number of ether oxygens (including phenoxy) is 1. The average Bonchev–Trinajstić information content (AvgIpc) is 2.76. The van der Waals surface area contributed by atoms with E-state index in [0.29, 0.717) is 13.2 Å². The molecule has 1 aromatic carbocycles. The van der Waals surface area contributed by atoms with Crippen LogP contribution in [-0.2, 0) is 18.6 Å². The highest BCUT2D eigenvalue weighted by molar-refractivity contribution is 5.32. The zero-order valence-electron chi connectivity index (χ0n) is 12.7. The van der Waals surface area contributed by atoms with Gasteiger partial charge in [-0.05, 0) is 41.7 Å². The van der Waals surface area contributed by atoms with Gasteiger partial charge in [0.25, 0.3) is 0 Å². The Morgan fingerprint density at radius 1 is 1.20 bits per heavy atom. The summed E-state index contributed by atoms with van der Waals surface area (Å²) in [5.74, 6) is 2.50. The topological polar surface area (TPSA) is 48.4 Å². The molecule has 2 rings (SSSR count). The summed E-state index contributed by atoms with van der Waals surface area (Å²) in [6.45, 7) is 9.41. The predicted octanol–water partition coefficient (Wildman–Crippen LogP) is 3.92. The van der Waals surface area contributed by atoms with Gasteiger partial charge < -0.3 is 14.9 Å². The Bertz CT molecular complexity index is 579. The van der Waals surface area contributed by atoms with Crippen molar-refractivity contribution in [1.82, 2.24) is 0 Å². The molecule has 0 amide bonds. The van der Waals surface area contributed by atoms with Gasteiger partial charge in [0.1, 0.15) is 23.9 Å². The summed E-state index contributed by atoms with van der Waals surface area (Å²) in [5, 5.41) is 0. The second-order valence-corrected chi connectivity index (χ2v) is 6.09. The van der Waals surface area contributed by atoms with Gasteiger partial charge in [-0.2, -0.15) is 0 Å². The summed E-state index contributed by atoms with van der Waals surface area (Å²) in [7, 11) is 0. The van der Waals surface area contributed by atoms with Gasteiger partial charge in [-0.3, -0.25) is 0 Å². The normalized spacial score (nSPS) is 11.7. The molecule has 3 heteroatoms. The first kappa shape index (κ1) is 14.7. The maximum absolute atomic E-state index is 5.81. The monoisotopic (exact) mass is 273 g/mol. The lowest BCUT2D eigenvalue weighted by molar-refractivity contribution is 0.265. The molecular formula is C17H23NO2. The van der Waals surface area contributed by atoms with Crippen molar-refractivity contribution in [3.63, 3.8) is 0 Å². The van der Waals surface area contributed by atoms with Gasteiger partial charge >= 0.3 is 0 Å². The Labute approximate surface area is 120 Å². The fraction of sp³-hybridized carbons (Fsp3) is 0.412. The standard InChI is InChI=1S/C17H23NO2/c1-12-8-15(20-16(12)10-18)11-19-14-7-5-6-13(9-14)17(2,3)4/h5-9H,10-11,18H2,1-4H3. The molecule has 0 aliphatic heterocycles. The Morgan fingerprint density at radius 3 is 2.55 bits per heavy atom. The van der Waals surface area contributed by atoms with Crippen LogP contribution in [0.25, 0.3) is 0 Å². The molecule has 1 heterocycles. The Hall–Kier alpha value is -1.74. The molecule has 0 fully saturated rings. The summed E-state index contributed by atoms with van der Waals surface area (Å²) < 4.78 is 11.4. The van der Waals surface area contributed by atoms with E-state index >= 15 is 0 Å². The van der Waals surface area contributed by atoms with Crippen LogP contribution in [0.15, 0.2) is 34.7 Å². The molecule has 0 atom stereocenters. The summed E-state index contributed by atoms with van der Waals surface area (Å²) in [5.41, 5.74) is 8.06. The second kappa shape index (κ2) is 5.71. The molecule has 0 saturated carbocycles. The van der Waals surface area contributed by atoms with Crippen LogP contribution in [0.3, 0.4) is 0 Å². The predicted molar refractivity (Wildman–Crippen MR) is 80.8 cm³/mol. The minimum atomic E-state index is 0.118. The van der Waals surface area contributed by atoms with Gasteiger partial charge in [-0.1, -0.05) is 32.9 Å². The first-order valence-electron chi connectivity index (χ1n) is 6.92. The van der Waals surface area contributed by atoms with E-state index in [9.17, 15) is 0 Å². The first-order chi connectivity index (χ1) is 9.40. The van der Waals surface area contributed by atoms with Crippen molar-refractivity contribution in [2.45, 2.75) is 46.3 Å². The van der Waals surface area contributed by atoms with Crippen LogP contribution in [0.4, 0.5) is 0 Å². The minimum absolute atomic E-state index is 0.118. The van der Waals surface area contributed by atoms with E-state index in [4.69, 9.17) is 14.9 Å². The van der Waals surface area contributed by atoms with Gasteiger partial charge in [0.2, 0.25) is 0 Å². The number of rotatable bonds is 4. The number of furan rings is 1. The van der Waals surface area contributed by atoms with Crippen molar-refractivity contribution in [3.8, 4) is 5.75 Å². The lowest BCUT2D eigenvalue weighted by Gasteiger charge is -2.19. The van der Waals surface area contributed by atoms with Crippen LogP contribution in [-0.4, -0.2) is 0 Å². The molecule has 0 spiro atoms. The third-order valence-corrected chi connectivity index (χ3v) is 3.34. The van der Waals surface area contributed by atoms with Crippen LogP contribution in [0.5, 0.6) is 5.75 Å². The molecule has 2 aromatic rings. The van der Waals surface area contributed by atoms with Crippen molar-refractivity contribution in [2.24, 2.45) is 5.73 Å². The van der Waals surface area contributed by atoms with Crippen LogP contribution >= 0.6 is 0 Å². The summed E-state index contributed by atoms with van der Waals surface area (Å²) in [6, 6.07) is 10.2. The maximum atomic E-state index is 5.81. The van der Waals surface area contributed by atoms with Crippen LogP contribution < -0.4 is 10.5 Å². The van der Waals surface area contributed by atoms with Gasteiger partial charge in [0, 0.05) is 0 Å². The van der Waals surface area contributed by atoms with E-state index in [2.05, 4.69) is 32.9 Å². The molecule has 0 saturated heterocycles. The molecule has 0 aliphatic carbocycles. The van der Waals surface area contributed by atoms with Gasteiger partial charge in [0.15, 0.2) is 0 Å². The molecule has 108 valence electrons. The second-order valence-electron chi connectivity index (χ2n) is 6.09. The van der Waals surface area contributed by atoms with Crippen molar-refractivity contribution in [1.29, 1.82) is 0 Å². The highest BCUT2D eigenvalue weighted by Gasteiger charge is 2.14. The first-order valence-corrected chi connectivity index (χ1v) is 6.92. The zero-order chi connectivity index (χ0) is 14.8. The highest BCUT2D eigenvalue weighted by Crippen LogP contribution is 2.26. The van der Waals surface area contributed by atoms with E-state index in [0.717, 1.165) is 22.8 Å². The van der Waals surface area contributed by atoms with E-state index in [1.807, 2.05) is 25.1 Å². The minimum Gasteiger partial charge on any atom is -0.486 e. The van der Waals surface area contributed by atoms with Gasteiger partial charge in [-0.15, -0.1) is 0 Å². The van der Waals surface area contributed by atoms with Crippen molar-refractivity contribution >= 4 is 0 Å². The summed E-state index contributed by atoms with van der Waals surface area (Å²) in [4.78, 5) is 0. The van der Waals surface area contributed by atoms with Crippen LogP contribution in [0.2, 0.25) is 0 Å². The number of benzene rings is 1. The molecule has 0 aliphatic rings. The fourth-order valence-corrected chi connectivity index (χ4v) is 2.07. The van der Waals surface area contributed by atoms with Crippen LogP contribution in [0, 0.1) is 6.92 Å². The van der Waals surface area contributed by atoms with E-state index < -0.39 is 0 Å². The molecular weight excluding hydrogens is 250 g/mol. The number of hydrogen-bond donors (Lipinski definition) is 1. The Kier molecular flexibility index (Phi) is 4.19. The molecule has 2 N–H and O–H groups in total. The highest BCUT2D eigenvalue weighted by atomic mass is 16.5. The number of hydrogen-bond acceptors (Lipinski definition) is 3. The quantitative estimate of drug-likeness (QED) is 0.918. The third-order valence-electron chi connectivity index (χ3n) is 3.34. The lowest BCUT2D eigenvalue weighted by Crippen LogP contribution is -2.10. The zero-order valence-corrected chi connectivity index (χ0v) is 12.7. The molecule has 3 nitrogen and oxygen atoms in total. The van der Waals surface area contributed by atoms with E-state index in [1.54, 1.807) is 0 Å². The van der Waals surface area contributed by atoms with Crippen molar-refractivity contribution in [2.75, 3.05) is 0 Å². The largest absolute Gasteiger partial charge is 0.486 e. The lowest BCUT2D eigenvalue weighted by atomic mass is 9.87. The fourth-order valence-electron chi connectivity index (χ4n) is 2.07. The SMILES string of the molecule is Cc1cc(COc2cccc(C(C)(C)C)c2)oc1CN. The van der Waals surface area contributed by atoms with Crippen molar-refractivity contribution in [3.05, 3.63) is 53.0 Å². The molecule has 0 unspecified atom stereocenters. The van der Waals surface area contributed by atoms with E-state index in [1.165, 1.54) is 5.56 Å². The summed E-state index contributed by atoms with van der Waals surface area (Å²) in [6.07, 6.45) is 0. The Balaban J connectivity index is 2.07. The average molecular weight is 273 g/mol. The number of aryl methyl sites for hydroxylation is 1.